The van der Waals surface area contributed by atoms with E-state index in [1.165, 1.54) is 6.07 Å². The molecule has 4 rings (SSSR count). The van der Waals surface area contributed by atoms with Crippen LogP contribution in [-0.4, -0.2) is 21.3 Å². The minimum atomic E-state index is -0.978. The maximum atomic E-state index is 14.0. The molecule has 1 N–H and O–H groups in total. The quantitative estimate of drug-likeness (QED) is 0.921. The highest BCUT2D eigenvalue weighted by Gasteiger charge is 2.67. The smallest absolute Gasteiger partial charge is 0.316 e. The Balaban J connectivity index is 1.93. The molecule has 2 aromatic rings. The molecule has 0 unspecified atom stereocenters. The molecular weight excluding hydrogens is 295 g/mol. The largest absolute Gasteiger partial charge is 0.481 e. The van der Waals surface area contributed by atoms with Crippen LogP contribution in [0.2, 0.25) is 0 Å². The van der Waals surface area contributed by atoms with Crippen LogP contribution in [0.25, 0.3) is 11.3 Å². The van der Waals surface area contributed by atoms with Crippen molar-refractivity contribution < 1.29 is 14.3 Å². The summed E-state index contributed by atoms with van der Waals surface area (Å²) < 4.78 is 14.0. The molecular formula is C18H17FN2O2. The molecule has 5 heteroatoms. The molecule has 0 amide bonds. The van der Waals surface area contributed by atoms with Crippen LogP contribution in [0.1, 0.15) is 43.9 Å². The summed E-state index contributed by atoms with van der Waals surface area (Å²) in [5.74, 6) is -1.07. The Bertz CT molecular complexity index is 834. The molecule has 0 spiro atoms. The van der Waals surface area contributed by atoms with Gasteiger partial charge in [0.1, 0.15) is 11.2 Å². The normalized spacial score (nSPS) is 27.0. The summed E-state index contributed by atoms with van der Waals surface area (Å²) >= 11 is 0. The highest BCUT2D eigenvalue weighted by atomic mass is 19.1. The van der Waals surface area contributed by atoms with Crippen LogP contribution in [0.5, 0.6) is 0 Å². The highest BCUT2D eigenvalue weighted by molar-refractivity contribution is 5.86. The van der Waals surface area contributed by atoms with Crippen molar-refractivity contribution in [3.63, 3.8) is 0 Å². The van der Waals surface area contributed by atoms with Crippen LogP contribution in [-0.2, 0) is 10.2 Å². The van der Waals surface area contributed by atoms with E-state index in [-0.39, 0.29) is 11.7 Å². The Kier molecular flexibility index (Phi) is 2.72. The van der Waals surface area contributed by atoms with Crippen molar-refractivity contribution >= 4 is 5.97 Å². The number of aromatic nitrogens is 2. The van der Waals surface area contributed by atoms with Gasteiger partial charge in [-0.1, -0.05) is 26.0 Å². The predicted molar refractivity (Wildman–Crippen MR) is 82.5 cm³/mol. The van der Waals surface area contributed by atoms with Gasteiger partial charge in [-0.2, -0.15) is 10.2 Å². The van der Waals surface area contributed by atoms with E-state index in [2.05, 4.69) is 10.2 Å². The number of fused-ring (bicyclic) bond motifs is 5. The molecule has 1 aromatic carbocycles. The van der Waals surface area contributed by atoms with E-state index in [1.807, 2.05) is 19.9 Å². The Hall–Kier alpha value is -2.30. The topological polar surface area (TPSA) is 63.1 Å². The van der Waals surface area contributed by atoms with Gasteiger partial charge in [0.2, 0.25) is 0 Å². The molecule has 23 heavy (non-hydrogen) atoms. The van der Waals surface area contributed by atoms with Crippen LogP contribution < -0.4 is 0 Å². The van der Waals surface area contributed by atoms with E-state index < -0.39 is 16.8 Å². The molecule has 0 aliphatic heterocycles. The zero-order valence-electron chi connectivity index (χ0n) is 13.0. The van der Waals surface area contributed by atoms with Crippen molar-refractivity contribution in [1.29, 1.82) is 0 Å². The zero-order chi connectivity index (χ0) is 16.4. The van der Waals surface area contributed by atoms with Gasteiger partial charge in [0.25, 0.3) is 0 Å². The summed E-state index contributed by atoms with van der Waals surface area (Å²) in [4.78, 5) is 12.0. The SMILES string of the molecule is CC1(C)[C@@H]2CC[C@@]1(C(=O)O)c1nnc(-c3ccccc3F)cc12. The summed E-state index contributed by atoms with van der Waals surface area (Å²) in [6.45, 7) is 3.98. The van der Waals surface area contributed by atoms with Gasteiger partial charge in [-0.3, -0.25) is 4.79 Å². The predicted octanol–water partition coefficient (Wildman–Crippen LogP) is 3.52. The van der Waals surface area contributed by atoms with Gasteiger partial charge in [-0.25, -0.2) is 4.39 Å². The molecule has 0 radical (unpaired) electrons. The lowest BCUT2D eigenvalue weighted by Gasteiger charge is -2.33. The van der Waals surface area contributed by atoms with Crippen LogP contribution in [0, 0.1) is 11.2 Å². The first-order valence-corrected chi connectivity index (χ1v) is 7.76. The summed E-state index contributed by atoms with van der Waals surface area (Å²) in [7, 11) is 0. The second-order valence-corrected chi connectivity index (χ2v) is 7.04. The molecule has 4 nitrogen and oxygen atoms in total. The van der Waals surface area contributed by atoms with E-state index in [1.54, 1.807) is 18.2 Å². The van der Waals surface area contributed by atoms with Gasteiger partial charge >= 0.3 is 5.97 Å². The summed E-state index contributed by atoms with van der Waals surface area (Å²) in [6, 6.07) is 8.26. The van der Waals surface area contributed by atoms with Crippen molar-refractivity contribution in [3.8, 4) is 11.3 Å². The molecule has 118 valence electrons. The molecule has 1 saturated carbocycles. The molecule has 1 aromatic heterocycles. The van der Waals surface area contributed by atoms with Gasteiger partial charge in [-0.05, 0) is 47.9 Å². The van der Waals surface area contributed by atoms with E-state index in [9.17, 15) is 14.3 Å². The van der Waals surface area contributed by atoms with Crippen LogP contribution in [0.3, 0.4) is 0 Å². The van der Waals surface area contributed by atoms with Crippen molar-refractivity contribution in [2.45, 2.75) is 38.0 Å². The average molecular weight is 312 g/mol. The monoisotopic (exact) mass is 312 g/mol. The highest BCUT2D eigenvalue weighted by Crippen LogP contribution is 2.67. The summed E-state index contributed by atoms with van der Waals surface area (Å²) in [6.07, 6.45) is 1.40. The van der Waals surface area contributed by atoms with Crippen molar-refractivity contribution in [2.24, 2.45) is 5.41 Å². The fourth-order valence-corrected chi connectivity index (χ4v) is 4.60. The molecule has 2 bridgehead atoms. The average Bonchev–Trinajstić information content (AvgIpc) is 2.90. The van der Waals surface area contributed by atoms with Gasteiger partial charge in [0.15, 0.2) is 0 Å². The van der Waals surface area contributed by atoms with Gasteiger partial charge in [-0.15, -0.1) is 0 Å². The van der Waals surface area contributed by atoms with Gasteiger partial charge in [0, 0.05) is 5.56 Å². The van der Waals surface area contributed by atoms with Crippen molar-refractivity contribution in [1.82, 2.24) is 10.2 Å². The molecule has 1 heterocycles. The minimum absolute atomic E-state index is 0.120. The number of benzene rings is 1. The maximum absolute atomic E-state index is 14.0. The summed E-state index contributed by atoms with van der Waals surface area (Å²) in [5, 5.41) is 18.3. The molecule has 1 fully saturated rings. The lowest BCUT2D eigenvalue weighted by Crippen LogP contribution is -2.43. The van der Waals surface area contributed by atoms with Crippen LogP contribution in [0.15, 0.2) is 30.3 Å². The zero-order valence-corrected chi connectivity index (χ0v) is 13.0. The molecule has 2 aliphatic rings. The standard InChI is InChI=1S/C18H17FN2O2/c1-17(2)12-7-8-18(17,16(22)23)15-11(12)9-14(20-21-15)10-5-3-4-6-13(10)19/h3-6,9,12H,7-8H2,1-2H3,(H,22,23)/t12-,18+/m1/s1. The number of halogens is 1. The third-order valence-electron chi connectivity index (χ3n) is 5.90. The Morgan fingerprint density at radius 1 is 1.30 bits per heavy atom. The maximum Gasteiger partial charge on any atom is 0.316 e. The van der Waals surface area contributed by atoms with Crippen molar-refractivity contribution in [2.75, 3.05) is 0 Å². The lowest BCUT2D eigenvalue weighted by molar-refractivity contribution is -0.147. The third-order valence-corrected chi connectivity index (χ3v) is 5.90. The number of carboxylic acids is 1. The number of rotatable bonds is 2. The van der Waals surface area contributed by atoms with Crippen LogP contribution in [0.4, 0.5) is 4.39 Å². The number of carbonyl (C=O) groups is 1. The lowest BCUT2D eigenvalue weighted by atomic mass is 9.68. The van der Waals surface area contributed by atoms with Gasteiger partial charge < -0.3 is 5.11 Å². The first kappa shape index (κ1) is 14.3. The molecule has 0 saturated heterocycles. The van der Waals surface area contributed by atoms with Gasteiger partial charge in [0.05, 0.1) is 11.4 Å². The molecule has 2 atom stereocenters. The van der Waals surface area contributed by atoms with Crippen molar-refractivity contribution in [3.05, 3.63) is 47.4 Å². The Morgan fingerprint density at radius 3 is 2.74 bits per heavy atom. The van der Waals surface area contributed by atoms with E-state index in [4.69, 9.17) is 0 Å². The fourth-order valence-electron chi connectivity index (χ4n) is 4.60. The number of hydrogen-bond donors (Lipinski definition) is 1. The minimum Gasteiger partial charge on any atom is -0.481 e. The second kappa shape index (κ2) is 4.37. The second-order valence-electron chi connectivity index (χ2n) is 7.04. The first-order valence-electron chi connectivity index (χ1n) is 7.76. The number of aliphatic carboxylic acids is 1. The Labute approximate surface area is 133 Å². The van der Waals surface area contributed by atoms with E-state index in [0.717, 1.165) is 12.0 Å². The molecule has 2 aliphatic carbocycles. The number of nitrogens with zero attached hydrogens (tertiary/aromatic N) is 2. The number of hydrogen-bond acceptors (Lipinski definition) is 3. The van der Waals surface area contributed by atoms with E-state index in [0.29, 0.717) is 23.4 Å². The fraction of sp³-hybridized carbons (Fsp3) is 0.389. The Morgan fingerprint density at radius 2 is 2.04 bits per heavy atom. The first-order chi connectivity index (χ1) is 10.9. The van der Waals surface area contributed by atoms with Crippen LogP contribution >= 0.6 is 0 Å². The third kappa shape index (κ3) is 1.57. The number of carboxylic acid groups (broad SMARTS) is 1. The summed E-state index contributed by atoms with van der Waals surface area (Å²) in [5.41, 5.74) is 0.944. The van der Waals surface area contributed by atoms with E-state index >= 15 is 0 Å².